The van der Waals surface area contributed by atoms with Crippen LogP contribution in [0.4, 0.5) is 23.7 Å². The predicted molar refractivity (Wildman–Crippen MR) is 108 cm³/mol. The summed E-state index contributed by atoms with van der Waals surface area (Å²) in [5.74, 6) is 0. The molecule has 176 valence electrons. The number of halogens is 3. The normalized spacial score (nSPS) is 21.3. The van der Waals surface area contributed by atoms with E-state index in [1.807, 2.05) is 0 Å². The van der Waals surface area contributed by atoms with Gasteiger partial charge in [-0.05, 0) is 43.5 Å². The Labute approximate surface area is 182 Å². The number of amides is 2. The molecule has 12 heteroatoms. The van der Waals surface area contributed by atoms with E-state index in [4.69, 9.17) is 9.47 Å². The number of aliphatic hydroxyl groups is 1. The number of rotatable bonds is 8. The first kappa shape index (κ1) is 24.0. The Balaban J connectivity index is 1.46. The number of alkyl halides is 3. The van der Waals surface area contributed by atoms with Crippen molar-refractivity contribution in [2.75, 3.05) is 19.0 Å². The molecule has 0 spiro atoms. The second-order valence-electron chi connectivity index (χ2n) is 7.53. The van der Waals surface area contributed by atoms with Crippen LogP contribution in [-0.2, 0) is 28.8 Å². The molecule has 3 rings (SSSR count). The lowest BCUT2D eigenvalue weighted by atomic mass is 9.97. The maximum atomic E-state index is 12.6. The monoisotopic (exact) mass is 457 g/mol. The highest BCUT2D eigenvalue weighted by Gasteiger charge is 2.32. The quantitative estimate of drug-likeness (QED) is 0.562. The molecule has 2 heterocycles. The van der Waals surface area contributed by atoms with Gasteiger partial charge in [0.1, 0.15) is 11.8 Å². The molecular formula is C20H26F3N5O4. The number of carbonyl (C=O) groups excluding carboxylic acids is 1. The topological polar surface area (TPSA) is 111 Å². The largest absolute Gasteiger partial charge is 0.416 e. The van der Waals surface area contributed by atoms with Crippen LogP contribution in [0.3, 0.4) is 0 Å². The molecule has 2 amide bonds. The van der Waals surface area contributed by atoms with Crippen LogP contribution in [0.15, 0.2) is 30.5 Å². The number of hydrogen-bond acceptors (Lipinski definition) is 6. The van der Waals surface area contributed by atoms with Crippen molar-refractivity contribution in [2.45, 2.75) is 56.8 Å². The Bertz CT molecular complexity index is 875. The molecule has 0 bridgehead atoms. The first-order chi connectivity index (χ1) is 15.3. The van der Waals surface area contributed by atoms with Crippen LogP contribution in [0.5, 0.6) is 0 Å². The number of anilines is 1. The van der Waals surface area contributed by atoms with E-state index in [9.17, 15) is 23.1 Å². The van der Waals surface area contributed by atoms with E-state index < -0.39 is 29.9 Å². The van der Waals surface area contributed by atoms with E-state index in [0.717, 1.165) is 17.8 Å². The zero-order chi connectivity index (χ0) is 23.1. The molecule has 0 saturated carbocycles. The van der Waals surface area contributed by atoms with Gasteiger partial charge in [-0.2, -0.15) is 13.2 Å². The minimum atomic E-state index is -4.44. The second kappa shape index (κ2) is 10.7. The summed E-state index contributed by atoms with van der Waals surface area (Å²) in [6.07, 6.45) is -1.43. The number of aliphatic hydroxyl groups excluding tert-OH is 1. The molecule has 1 saturated heterocycles. The zero-order valence-corrected chi connectivity index (χ0v) is 17.5. The van der Waals surface area contributed by atoms with E-state index in [0.29, 0.717) is 32.4 Å². The maximum Gasteiger partial charge on any atom is 0.416 e. The molecule has 3 N–H and O–H groups in total. The van der Waals surface area contributed by atoms with Gasteiger partial charge in [0, 0.05) is 19.3 Å². The highest BCUT2D eigenvalue weighted by atomic mass is 19.4. The van der Waals surface area contributed by atoms with Gasteiger partial charge < -0.3 is 25.2 Å². The molecule has 1 aromatic heterocycles. The molecule has 1 aromatic carbocycles. The third kappa shape index (κ3) is 6.65. The van der Waals surface area contributed by atoms with Crippen LogP contribution in [0, 0.1) is 0 Å². The van der Waals surface area contributed by atoms with Crippen LogP contribution >= 0.6 is 0 Å². The number of urea groups is 1. The molecule has 2 aromatic rings. The number of nitrogens with zero attached hydrogens (tertiary/aromatic N) is 3. The zero-order valence-electron chi connectivity index (χ0n) is 17.5. The minimum absolute atomic E-state index is 0.113. The van der Waals surface area contributed by atoms with Crippen LogP contribution in [0.25, 0.3) is 0 Å². The summed E-state index contributed by atoms with van der Waals surface area (Å²) in [6.45, 7) is 0.698. The van der Waals surface area contributed by atoms with Gasteiger partial charge in [0.15, 0.2) is 0 Å². The van der Waals surface area contributed by atoms with Gasteiger partial charge in [-0.15, -0.1) is 5.10 Å². The Morgan fingerprint density at radius 3 is 2.72 bits per heavy atom. The van der Waals surface area contributed by atoms with Gasteiger partial charge >= 0.3 is 12.2 Å². The SMILES string of the molecule is COCc1cn(CC[C@H]2CC[C@@H](NC(=O)Nc3ccc(C(F)(F)F)cc3)[C@H](CO)O2)nn1. The van der Waals surface area contributed by atoms with Crippen molar-refractivity contribution >= 4 is 11.7 Å². The summed E-state index contributed by atoms with van der Waals surface area (Å²) in [7, 11) is 1.58. The van der Waals surface area contributed by atoms with Crippen LogP contribution in [-0.4, -0.2) is 58.1 Å². The summed E-state index contributed by atoms with van der Waals surface area (Å²) in [6, 6.07) is 3.15. The lowest BCUT2D eigenvalue weighted by molar-refractivity contribution is -0.137. The van der Waals surface area contributed by atoms with Gasteiger partial charge in [-0.3, -0.25) is 4.68 Å². The van der Waals surface area contributed by atoms with Crippen molar-refractivity contribution in [3.8, 4) is 0 Å². The Morgan fingerprint density at radius 2 is 2.06 bits per heavy atom. The second-order valence-corrected chi connectivity index (χ2v) is 7.53. The minimum Gasteiger partial charge on any atom is -0.394 e. The summed E-state index contributed by atoms with van der Waals surface area (Å²) < 4.78 is 50.6. The van der Waals surface area contributed by atoms with Crippen molar-refractivity contribution in [3.63, 3.8) is 0 Å². The van der Waals surface area contributed by atoms with E-state index in [1.165, 1.54) is 12.1 Å². The summed E-state index contributed by atoms with van der Waals surface area (Å²) in [5, 5.41) is 22.9. The third-order valence-corrected chi connectivity index (χ3v) is 5.14. The summed E-state index contributed by atoms with van der Waals surface area (Å²) in [5.41, 5.74) is 0.163. The van der Waals surface area contributed by atoms with Crippen molar-refractivity contribution < 1.29 is 32.5 Å². The number of aromatic nitrogens is 3. The molecule has 1 fully saturated rings. The molecular weight excluding hydrogens is 431 g/mol. The number of ether oxygens (including phenoxy) is 2. The molecule has 1 aliphatic heterocycles. The number of carbonyl (C=O) groups is 1. The van der Waals surface area contributed by atoms with Crippen molar-refractivity contribution in [1.82, 2.24) is 20.3 Å². The highest BCUT2D eigenvalue weighted by molar-refractivity contribution is 5.89. The number of aryl methyl sites for hydroxylation is 1. The smallest absolute Gasteiger partial charge is 0.394 e. The van der Waals surface area contributed by atoms with Crippen LogP contribution in [0.1, 0.15) is 30.5 Å². The maximum absolute atomic E-state index is 12.6. The summed E-state index contributed by atoms with van der Waals surface area (Å²) >= 11 is 0. The lowest BCUT2D eigenvalue weighted by Crippen LogP contribution is -2.52. The average Bonchev–Trinajstić information content (AvgIpc) is 3.20. The average molecular weight is 457 g/mol. The van der Waals surface area contributed by atoms with Gasteiger partial charge in [0.05, 0.1) is 37.1 Å². The fraction of sp³-hybridized carbons (Fsp3) is 0.550. The fourth-order valence-electron chi connectivity index (χ4n) is 3.53. The highest BCUT2D eigenvalue weighted by Crippen LogP contribution is 2.30. The first-order valence-electron chi connectivity index (χ1n) is 10.2. The van der Waals surface area contributed by atoms with Gasteiger partial charge in [-0.25, -0.2) is 4.79 Å². The Kier molecular flexibility index (Phi) is 8.04. The number of benzene rings is 1. The van der Waals surface area contributed by atoms with Gasteiger partial charge in [-0.1, -0.05) is 5.21 Å². The van der Waals surface area contributed by atoms with Crippen molar-refractivity contribution in [2.24, 2.45) is 0 Å². The number of hydrogen-bond donors (Lipinski definition) is 3. The fourth-order valence-corrected chi connectivity index (χ4v) is 3.53. The third-order valence-electron chi connectivity index (χ3n) is 5.14. The molecule has 1 aliphatic rings. The molecule has 0 aliphatic carbocycles. The molecule has 0 radical (unpaired) electrons. The molecule has 32 heavy (non-hydrogen) atoms. The van der Waals surface area contributed by atoms with E-state index >= 15 is 0 Å². The van der Waals surface area contributed by atoms with Gasteiger partial charge in [0.25, 0.3) is 0 Å². The van der Waals surface area contributed by atoms with Crippen molar-refractivity contribution in [3.05, 3.63) is 41.7 Å². The predicted octanol–water partition coefficient (Wildman–Crippen LogP) is 2.56. The Morgan fingerprint density at radius 1 is 1.31 bits per heavy atom. The van der Waals surface area contributed by atoms with Crippen LogP contribution in [0.2, 0.25) is 0 Å². The molecule has 0 unspecified atom stereocenters. The summed E-state index contributed by atoms with van der Waals surface area (Å²) in [4.78, 5) is 12.3. The number of nitrogens with one attached hydrogen (secondary N) is 2. The van der Waals surface area contributed by atoms with E-state index in [-0.39, 0.29) is 18.4 Å². The first-order valence-corrected chi connectivity index (χ1v) is 10.2. The van der Waals surface area contributed by atoms with E-state index in [1.54, 1.807) is 18.0 Å². The molecule has 9 nitrogen and oxygen atoms in total. The number of methoxy groups -OCH3 is 1. The van der Waals surface area contributed by atoms with Crippen molar-refractivity contribution in [1.29, 1.82) is 0 Å². The standard InChI is InChI=1S/C20H26F3N5O4/c1-31-12-15-10-28(27-26-15)9-8-16-6-7-17(18(11-29)32-16)25-19(30)24-14-4-2-13(3-5-14)20(21,22)23/h2-5,10,16-18,29H,6-9,11-12H2,1H3,(H2,24,25,30)/t16-,17-,18+/m1/s1. The Hall–Kier alpha value is -2.70. The van der Waals surface area contributed by atoms with Crippen LogP contribution < -0.4 is 10.6 Å². The molecule has 3 atom stereocenters. The lowest BCUT2D eigenvalue weighted by Gasteiger charge is -2.36. The van der Waals surface area contributed by atoms with E-state index in [2.05, 4.69) is 20.9 Å². The van der Waals surface area contributed by atoms with Gasteiger partial charge in [0.2, 0.25) is 0 Å².